The quantitative estimate of drug-likeness (QED) is 0.366. The first-order valence-electron chi connectivity index (χ1n) is 7.39. The van der Waals surface area contributed by atoms with Gasteiger partial charge in [-0.25, -0.2) is 0 Å². The molecular formula is C15H25NO7. The van der Waals surface area contributed by atoms with Gasteiger partial charge in [0.25, 0.3) is 0 Å². The summed E-state index contributed by atoms with van der Waals surface area (Å²) in [7, 11) is 0. The molecule has 0 N–H and O–H groups in total. The standard InChI is InChI=1S/C15H25NO7/c1-6-21-13(19)9-16(10-14(20)22-7-2)11(17)8-12(18)23-15(3,4)5/h6-10H2,1-5H3. The Morgan fingerprint density at radius 1 is 0.826 bits per heavy atom. The lowest BCUT2D eigenvalue weighted by Crippen LogP contribution is -2.42. The molecule has 0 aliphatic carbocycles. The van der Waals surface area contributed by atoms with Crippen LogP contribution in [0, 0.1) is 0 Å². The average Bonchev–Trinajstić information content (AvgIpc) is 2.35. The molecule has 0 heterocycles. The molecule has 0 spiro atoms. The largest absolute Gasteiger partial charge is 0.465 e. The number of ether oxygens (including phenoxy) is 3. The van der Waals surface area contributed by atoms with Crippen LogP contribution in [0.25, 0.3) is 0 Å². The molecule has 0 aliphatic rings. The molecule has 0 radical (unpaired) electrons. The highest BCUT2D eigenvalue weighted by atomic mass is 16.6. The molecule has 0 fully saturated rings. The first-order valence-corrected chi connectivity index (χ1v) is 7.39. The van der Waals surface area contributed by atoms with Crippen LogP contribution in [0.15, 0.2) is 0 Å². The molecule has 0 saturated carbocycles. The molecule has 0 saturated heterocycles. The summed E-state index contributed by atoms with van der Waals surface area (Å²) >= 11 is 0. The molecule has 8 nitrogen and oxygen atoms in total. The van der Waals surface area contributed by atoms with E-state index in [2.05, 4.69) is 0 Å². The second-order valence-electron chi connectivity index (χ2n) is 5.62. The van der Waals surface area contributed by atoms with Gasteiger partial charge < -0.3 is 19.1 Å². The molecule has 0 unspecified atom stereocenters. The van der Waals surface area contributed by atoms with Gasteiger partial charge in [0.1, 0.15) is 25.1 Å². The number of amides is 1. The molecule has 0 aromatic carbocycles. The summed E-state index contributed by atoms with van der Waals surface area (Å²) in [4.78, 5) is 47.8. The van der Waals surface area contributed by atoms with Crippen molar-refractivity contribution in [3.8, 4) is 0 Å². The Kier molecular flexibility index (Phi) is 8.90. The van der Waals surface area contributed by atoms with E-state index in [1.54, 1.807) is 34.6 Å². The van der Waals surface area contributed by atoms with Gasteiger partial charge in [0.15, 0.2) is 0 Å². The molecule has 0 aliphatic heterocycles. The molecule has 23 heavy (non-hydrogen) atoms. The van der Waals surface area contributed by atoms with Crippen LogP contribution in [0.1, 0.15) is 41.0 Å². The Labute approximate surface area is 136 Å². The van der Waals surface area contributed by atoms with Crippen LogP contribution >= 0.6 is 0 Å². The number of rotatable bonds is 8. The lowest BCUT2D eigenvalue weighted by atomic mass is 10.2. The molecule has 0 aromatic heterocycles. The number of carbonyl (C=O) groups excluding carboxylic acids is 4. The highest BCUT2D eigenvalue weighted by Gasteiger charge is 2.26. The van der Waals surface area contributed by atoms with Crippen LogP contribution < -0.4 is 0 Å². The van der Waals surface area contributed by atoms with Crippen LogP contribution in [0.5, 0.6) is 0 Å². The van der Waals surface area contributed by atoms with Crippen molar-refractivity contribution in [3.05, 3.63) is 0 Å². The Morgan fingerprint density at radius 2 is 1.26 bits per heavy atom. The van der Waals surface area contributed by atoms with Crippen LogP contribution in [0.4, 0.5) is 0 Å². The Hall–Kier alpha value is -2.12. The highest BCUT2D eigenvalue weighted by molar-refractivity contribution is 5.97. The van der Waals surface area contributed by atoms with Crippen molar-refractivity contribution < 1.29 is 33.4 Å². The van der Waals surface area contributed by atoms with Gasteiger partial charge >= 0.3 is 17.9 Å². The molecule has 0 aromatic rings. The molecule has 0 atom stereocenters. The van der Waals surface area contributed by atoms with E-state index in [4.69, 9.17) is 14.2 Å². The number of nitrogens with zero attached hydrogens (tertiary/aromatic N) is 1. The van der Waals surface area contributed by atoms with Crippen LogP contribution in [-0.2, 0) is 33.4 Å². The van der Waals surface area contributed by atoms with Crippen molar-refractivity contribution in [1.82, 2.24) is 4.90 Å². The van der Waals surface area contributed by atoms with Crippen molar-refractivity contribution in [1.29, 1.82) is 0 Å². The second-order valence-corrected chi connectivity index (χ2v) is 5.62. The fraction of sp³-hybridized carbons (Fsp3) is 0.733. The summed E-state index contributed by atoms with van der Waals surface area (Å²) in [5.41, 5.74) is -0.732. The minimum absolute atomic E-state index is 0.145. The van der Waals surface area contributed by atoms with Crippen LogP contribution in [0.3, 0.4) is 0 Å². The molecule has 132 valence electrons. The molecule has 0 rings (SSSR count). The maximum atomic E-state index is 12.1. The van der Waals surface area contributed by atoms with E-state index in [9.17, 15) is 19.2 Å². The topological polar surface area (TPSA) is 99.2 Å². The summed E-state index contributed by atoms with van der Waals surface area (Å²) in [6.45, 7) is 7.67. The van der Waals surface area contributed by atoms with E-state index in [0.717, 1.165) is 4.90 Å². The summed E-state index contributed by atoms with van der Waals surface area (Å²) in [5.74, 6) is -2.79. The van der Waals surface area contributed by atoms with Gasteiger partial charge in [0, 0.05) is 0 Å². The van der Waals surface area contributed by atoms with Gasteiger partial charge in [-0.1, -0.05) is 0 Å². The van der Waals surface area contributed by atoms with Gasteiger partial charge in [0.2, 0.25) is 5.91 Å². The van der Waals surface area contributed by atoms with Crippen molar-refractivity contribution in [3.63, 3.8) is 0 Å². The Bertz CT molecular complexity index is 420. The number of hydrogen-bond acceptors (Lipinski definition) is 7. The lowest BCUT2D eigenvalue weighted by Gasteiger charge is -2.22. The third-order valence-electron chi connectivity index (χ3n) is 2.32. The zero-order chi connectivity index (χ0) is 18.0. The third kappa shape index (κ3) is 10.3. The molecule has 1 amide bonds. The summed E-state index contributed by atoms with van der Waals surface area (Å²) < 4.78 is 14.5. The minimum atomic E-state index is -0.736. The average molecular weight is 331 g/mol. The van der Waals surface area contributed by atoms with Crippen LogP contribution in [-0.4, -0.2) is 60.6 Å². The molecule has 0 bridgehead atoms. The fourth-order valence-corrected chi connectivity index (χ4v) is 1.57. The normalized spacial score (nSPS) is 10.7. The zero-order valence-corrected chi connectivity index (χ0v) is 14.3. The highest BCUT2D eigenvalue weighted by Crippen LogP contribution is 2.09. The first-order chi connectivity index (χ1) is 10.6. The first kappa shape index (κ1) is 20.9. The van der Waals surface area contributed by atoms with Crippen molar-refractivity contribution >= 4 is 23.8 Å². The fourth-order valence-electron chi connectivity index (χ4n) is 1.57. The minimum Gasteiger partial charge on any atom is -0.465 e. The van der Waals surface area contributed by atoms with E-state index in [1.807, 2.05) is 0 Å². The van der Waals surface area contributed by atoms with E-state index in [1.165, 1.54) is 0 Å². The molecule has 8 heteroatoms. The Balaban J connectivity index is 4.81. The molecular weight excluding hydrogens is 306 g/mol. The maximum Gasteiger partial charge on any atom is 0.325 e. The Morgan fingerprint density at radius 3 is 1.61 bits per heavy atom. The van der Waals surface area contributed by atoms with Crippen molar-refractivity contribution in [2.45, 2.75) is 46.6 Å². The SMILES string of the molecule is CCOC(=O)CN(CC(=O)OCC)C(=O)CC(=O)OC(C)(C)C. The smallest absolute Gasteiger partial charge is 0.325 e. The van der Waals surface area contributed by atoms with E-state index in [-0.39, 0.29) is 13.2 Å². The van der Waals surface area contributed by atoms with Crippen molar-refractivity contribution in [2.75, 3.05) is 26.3 Å². The summed E-state index contributed by atoms with van der Waals surface area (Å²) in [5, 5.41) is 0. The predicted octanol–water partition coefficient (Wildman–Crippen LogP) is 0.673. The number of hydrogen-bond donors (Lipinski definition) is 0. The van der Waals surface area contributed by atoms with Gasteiger partial charge in [-0.15, -0.1) is 0 Å². The van der Waals surface area contributed by atoms with E-state index >= 15 is 0 Å². The third-order valence-corrected chi connectivity index (χ3v) is 2.32. The van der Waals surface area contributed by atoms with Crippen LogP contribution in [0.2, 0.25) is 0 Å². The monoisotopic (exact) mass is 331 g/mol. The van der Waals surface area contributed by atoms with E-state index in [0.29, 0.717) is 0 Å². The number of carbonyl (C=O) groups is 4. The van der Waals surface area contributed by atoms with E-state index < -0.39 is 48.9 Å². The van der Waals surface area contributed by atoms with Crippen molar-refractivity contribution in [2.24, 2.45) is 0 Å². The van der Waals surface area contributed by atoms with Gasteiger partial charge in [-0.05, 0) is 34.6 Å². The van der Waals surface area contributed by atoms with Gasteiger partial charge in [-0.2, -0.15) is 0 Å². The summed E-state index contributed by atoms with van der Waals surface area (Å²) in [6.07, 6.45) is -0.573. The summed E-state index contributed by atoms with van der Waals surface area (Å²) in [6, 6.07) is 0. The second kappa shape index (κ2) is 9.81. The predicted molar refractivity (Wildman–Crippen MR) is 80.3 cm³/mol. The zero-order valence-electron chi connectivity index (χ0n) is 14.3. The number of esters is 3. The van der Waals surface area contributed by atoms with Gasteiger partial charge in [0.05, 0.1) is 13.2 Å². The maximum absolute atomic E-state index is 12.1. The lowest BCUT2D eigenvalue weighted by molar-refractivity contribution is -0.162. The van der Waals surface area contributed by atoms with Gasteiger partial charge in [-0.3, -0.25) is 19.2 Å².